The van der Waals surface area contributed by atoms with Gasteiger partial charge < -0.3 is 10.1 Å². The van der Waals surface area contributed by atoms with Gasteiger partial charge in [-0.05, 0) is 33.1 Å². The first-order valence-electron chi connectivity index (χ1n) is 7.47. The molecule has 1 N–H and O–H groups in total. The van der Waals surface area contributed by atoms with Gasteiger partial charge >= 0.3 is 0 Å². The van der Waals surface area contributed by atoms with Crippen molar-refractivity contribution in [1.29, 1.82) is 0 Å². The van der Waals surface area contributed by atoms with E-state index in [-0.39, 0.29) is 11.6 Å². The fourth-order valence-electron chi connectivity index (χ4n) is 2.23. The summed E-state index contributed by atoms with van der Waals surface area (Å²) in [6.45, 7) is 11.0. The van der Waals surface area contributed by atoms with Crippen LogP contribution in [0.2, 0.25) is 0 Å². The molecule has 0 aliphatic heterocycles. The van der Waals surface area contributed by atoms with Gasteiger partial charge in [-0.2, -0.15) is 0 Å². The number of ether oxygens (including phenoxy) is 1. The molecule has 114 valence electrons. The zero-order valence-electron chi connectivity index (χ0n) is 13.2. The highest BCUT2D eigenvalue weighted by Gasteiger charge is 2.33. The van der Waals surface area contributed by atoms with Crippen LogP contribution in [0.5, 0.6) is 0 Å². The Balaban J connectivity index is 3.25. The number of rotatable bonds is 8. The Morgan fingerprint density at radius 2 is 1.80 bits per heavy atom. The minimum Gasteiger partial charge on any atom is -0.368 e. The summed E-state index contributed by atoms with van der Waals surface area (Å²) in [5.41, 5.74) is -0.171. The molecule has 0 bridgehead atoms. The summed E-state index contributed by atoms with van der Waals surface area (Å²) in [4.78, 5) is 8.70. The predicted molar refractivity (Wildman–Crippen MR) is 79.4 cm³/mol. The predicted octanol–water partition coefficient (Wildman–Crippen LogP) is 3.80. The molecule has 0 spiro atoms. The standard InChI is InChI=1S/C15H26FN3O/c1-6-10-17-13-12(16)11(5)18-14(19-13)15(7-2,8-3)20-9-4/h6-10H2,1-5H3,(H,17,18,19). The number of hydrogen-bond acceptors (Lipinski definition) is 4. The maximum absolute atomic E-state index is 14.1. The quantitative estimate of drug-likeness (QED) is 0.788. The van der Waals surface area contributed by atoms with Crippen molar-refractivity contribution in [2.45, 2.75) is 59.5 Å². The zero-order valence-corrected chi connectivity index (χ0v) is 13.2. The van der Waals surface area contributed by atoms with E-state index >= 15 is 0 Å². The Morgan fingerprint density at radius 1 is 1.15 bits per heavy atom. The van der Waals surface area contributed by atoms with E-state index in [0.29, 0.717) is 24.7 Å². The molecule has 4 nitrogen and oxygen atoms in total. The van der Waals surface area contributed by atoms with E-state index in [1.165, 1.54) is 0 Å². The first kappa shape index (κ1) is 16.8. The smallest absolute Gasteiger partial charge is 0.186 e. The Kier molecular flexibility index (Phi) is 6.33. The summed E-state index contributed by atoms with van der Waals surface area (Å²) in [5, 5.41) is 3.02. The number of nitrogens with one attached hydrogen (secondary N) is 1. The number of anilines is 1. The van der Waals surface area contributed by atoms with Crippen LogP contribution in [0.15, 0.2) is 0 Å². The van der Waals surface area contributed by atoms with Gasteiger partial charge in [0.25, 0.3) is 0 Å². The molecular weight excluding hydrogens is 257 g/mol. The molecule has 1 heterocycles. The molecular formula is C15H26FN3O. The van der Waals surface area contributed by atoms with E-state index in [2.05, 4.69) is 15.3 Å². The fraction of sp³-hybridized carbons (Fsp3) is 0.733. The van der Waals surface area contributed by atoms with E-state index in [1.54, 1.807) is 6.92 Å². The van der Waals surface area contributed by atoms with Gasteiger partial charge in [-0.25, -0.2) is 14.4 Å². The van der Waals surface area contributed by atoms with Gasteiger partial charge in [0.2, 0.25) is 0 Å². The van der Waals surface area contributed by atoms with E-state index in [4.69, 9.17) is 4.74 Å². The first-order valence-corrected chi connectivity index (χ1v) is 7.47. The highest BCUT2D eigenvalue weighted by atomic mass is 19.1. The molecule has 1 aromatic rings. The minimum absolute atomic E-state index is 0.278. The van der Waals surface area contributed by atoms with Gasteiger partial charge in [-0.3, -0.25) is 0 Å². The summed E-state index contributed by atoms with van der Waals surface area (Å²) in [5.74, 6) is 0.474. The van der Waals surface area contributed by atoms with E-state index in [0.717, 1.165) is 19.3 Å². The Bertz CT molecular complexity index is 433. The van der Waals surface area contributed by atoms with Crippen LogP contribution in [0.3, 0.4) is 0 Å². The molecule has 0 saturated heterocycles. The van der Waals surface area contributed by atoms with Crippen molar-refractivity contribution in [3.05, 3.63) is 17.3 Å². The minimum atomic E-state index is -0.532. The molecule has 1 rings (SSSR count). The molecule has 1 aromatic heterocycles. The van der Waals surface area contributed by atoms with Crippen molar-refractivity contribution < 1.29 is 9.13 Å². The molecule has 0 unspecified atom stereocenters. The van der Waals surface area contributed by atoms with E-state index in [1.807, 2.05) is 27.7 Å². The summed E-state index contributed by atoms with van der Waals surface area (Å²) < 4.78 is 20.0. The monoisotopic (exact) mass is 283 g/mol. The lowest BCUT2D eigenvalue weighted by Gasteiger charge is -2.30. The van der Waals surface area contributed by atoms with Crippen molar-refractivity contribution >= 4 is 5.82 Å². The Hall–Kier alpha value is -1.23. The molecule has 20 heavy (non-hydrogen) atoms. The number of halogens is 1. The maximum Gasteiger partial charge on any atom is 0.186 e. The van der Waals surface area contributed by atoms with Crippen molar-refractivity contribution in [3.63, 3.8) is 0 Å². The molecule has 0 saturated carbocycles. The van der Waals surface area contributed by atoms with Crippen molar-refractivity contribution in [3.8, 4) is 0 Å². The highest BCUT2D eigenvalue weighted by Crippen LogP contribution is 2.32. The molecule has 5 heteroatoms. The summed E-state index contributed by atoms with van der Waals surface area (Å²) in [6, 6.07) is 0. The average molecular weight is 283 g/mol. The van der Waals surface area contributed by atoms with Crippen molar-refractivity contribution in [1.82, 2.24) is 9.97 Å². The number of aryl methyl sites for hydroxylation is 1. The molecule has 0 atom stereocenters. The maximum atomic E-state index is 14.1. The first-order chi connectivity index (χ1) is 9.54. The van der Waals surface area contributed by atoms with Gasteiger partial charge in [-0.15, -0.1) is 0 Å². The summed E-state index contributed by atoms with van der Waals surface area (Å²) in [7, 11) is 0. The highest BCUT2D eigenvalue weighted by molar-refractivity contribution is 5.38. The topological polar surface area (TPSA) is 47.0 Å². The van der Waals surface area contributed by atoms with Crippen LogP contribution in [0.1, 0.15) is 58.5 Å². The van der Waals surface area contributed by atoms with Crippen LogP contribution in [-0.4, -0.2) is 23.1 Å². The lowest BCUT2D eigenvalue weighted by atomic mass is 9.95. The van der Waals surface area contributed by atoms with Gasteiger partial charge in [0.1, 0.15) is 5.60 Å². The van der Waals surface area contributed by atoms with E-state index < -0.39 is 5.60 Å². The lowest BCUT2D eigenvalue weighted by Crippen LogP contribution is -2.32. The third-order valence-corrected chi connectivity index (χ3v) is 3.53. The van der Waals surface area contributed by atoms with Crippen molar-refractivity contribution in [2.24, 2.45) is 0 Å². The number of hydrogen-bond donors (Lipinski definition) is 1. The second-order valence-corrected chi connectivity index (χ2v) is 4.86. The molecule has 0 amide bonds. The van der Waals surface area contributed by atoms with Crippen LogP contribution < -0.4 is 5.32 Å². The third kappa shape index (κ3) is 3.45. The van der Waals surface area contributed by atoms with Gasteiger partial charge in [-0.1, -0.05) is 20.8 Å². The van der Waals surface area contributed by atoms with Crippen molar-refractivity contribution in [2.75, 3.05) is 18.5 Å². The lowest BCUT2D eigenvalue weighted by molar-refractivity contribution is -0.0572. The second kappa shape index (κ2) is 7.53. The van der Waals surface area contributed by atoms with Crippen LogP contribution in [0.4, 0.5) is 10.2 Å². The summed E-state index contributed by atoms with van der Waals surface area (Å²) >= 11 is 0. The SMILES string of the molecule is CCCNc1nc(C(CC)(CC)OCC)nc(C)c1F. The molecule has 0 radical (unpaired) electrons. The fourth-order valence-corrected chi connectivity index (χ4v) is 2.23. The largest absolute Gasteiger partial charge is 0.368 e. The zero-order chi connectivity index (χ0) is 15.2. The van der Waals surface area contributed by atoms with Gasteiger partial charge in [0.15, 0.2) is 17.5 Å². The average Bonchev–Trinajstić information content (AvgIpc) is 2.46. The summed E-state index contributed by atoms with van der Waals surface area (Å²) in [6.07, 6.45) is 2.43. The van der Waals surface area contributed by atoms with Crippen LogP contribution in [0.25, 0.3) is 0 Å². The van der Waals surface area contributed by atoms with Gasteiger partial charge in [0, 0.05) is 13.2 Å². The Morgan fingerprint density at radius 3 is 2.30 bits per heavy atom. The van der Waals surface area contributed by atoms with Crippen LogP contribution >= 0.6 is 0 Å². The molecule has 0 aromatic carbocycles. The van der Waals surface area contributed by atoms with Crippen LogP contribution in [-0.2, 0) is 10.3 Å². The molecule has 0 fully saturated rings. The molecule has 0 aliphatic carbocycles. The third-order valence-electron chi connectivity index (χ3n) is 3.53. The van der Waals surface area contributed by atoms with E-state index in [9.17, 15) is 4.39 Å². The van der Waals surface area contributed by atoms with Gasteiger partial charge in [0.05, 0.1) is 5.69 Å². The normalized spacial score (nSPS) is 11.7. The number of aromatic nitrogens is 2. The second-order valence-electron chi connectivity index (χ2n) is 4.86. The Labute approximate surface area is 121 Å². The van der Waals surface area contributed by atoms with Crippen LogP contribution in [0, 0.1) is 12.7 Å². The molecule has 0 aliphatic rings. The number of nitrogens with zero attached hydrogens (tertiary/aromatic N) is 2.